The molecule has 1 aromatic rings. The fraction of sp³-hybridized carbons (Fsp3) is 0.667. The van der Waals surface area contributed by atoms with Gasteiger partial charge in [0.2, 0.25) is 0 Å². The third-order valence-corrected chi connectivity index (χ3v) is 4.53. The van der Waals surface area contributed by atoms with Crippen LogP contribution in [0.4, 0.5) is 0 Å². The van der Waals surface area contributed by atoms with Crippen molar-refractivity contribution in [3.05, 3.63) is 17.5 Å². The number of carbonyl (C=O) groups is 2. The first kappa shape index (κ1) is 15.0. The van der Waals surface area contributed by atoms with E-state index in [0.717, 1.165) is 26.1 Å². The van der Waals surface area contributed by atoms with Crippen molar-refractivity contribution in [2.75, 3.05) is 33.3 Å². The van der Waals surface area contributed by atoms with Crippen molar-refractivity contribution in [1.29, 1.82) is 0 Å². The monoisotopic (exact) mass is 306 g/mol. The van der Waals surface area contributed by atoms with Crippen LogP contribution < -0.4 is 5.32 Å². The number of carbonyl (C=O) groups excluding carboxylic acids is 2. The lowest BCUT2D eigenvalue weighted by Crippen LogP contribution is -2.41. The molecule has 7 heteroatoms. The third-order valence-electron chi connectivity index (χ3n) is 4.53. The summed E-state index contributed by atoms with van der Waals surface area (Å²) >= 11 is 0. The van der Waals surface area contributed by atoms with E-state index in [9.17, 15) is 9.59 Å². The minimum atomic E-state index is -0.504. The quantitative estimate of drug-likeness (QED) is 0.821. The second-order valence-corrected chi connectivity index (χ2v) is 5.90. The van der Waals surface area contributed by atoms with Gasteiger partial charge in [-0.3, -0.25) is 9.48 Å². The predicted molar refractivity (Wildman–Crippen MR) is 79.7 cm³/mol. The molecule has 1 amide bonds. The van der Waals surface area contributed by atoms with E-state index in [1.807, 2.05) is 4.90 Å². The number of rotatable bonds is 4. The molecule has 0 radical (unpaired) electrons. The minimum Gasteiger partial charge on any atom is -0.464 e. The number of esters is 1. The van der Waals surface area contributed by atoms with E-state index < -0.39 is 5.97 Å². The lowest BCUT2D eigenvalue weighted by Gasteiger charge is -2.30. The van der Waals surface area contributed by atoms with Crippen LogP contribution in [-0.4, -0.2) is 59.8 Å². The normalized spacial score (nSPS) is 19.1. The van der Waals surface area contributed by atoms with Gasteiger partial charge in [0.1, 0.15) is 5.69 Å². The van der Waals surface area contributed by atoms with E-state index in [4.69, 9.17) is 0 Å². The van der Waals surface area contributed by atoms with Gasteiger partial charge in [0.25, 0.3) is 5.91 Å². The van der Waals surface area contributed by atoms with E-state index in [-0.39, 0.29) is 11.6 Å². The minimum absolute atomic E-state index is 0.0390. The second-order valence-electron chi connectivity index (χ2n) is 5.90. The Morgan fingerprint density at radius 2 is 2.18 bits per heavy atom. The Balaban J connectivity index is 1.63. The molecule has 0 unspecified atom stereocenters. The van der Waals surface area contributed by atoms with Crippen molar-refractivity contribution in [2.45, 2.75) is 25.8 Å². The maximum atomic E-state index is 12.5. The average Bonchev–Trinajstić information content (AvgIpc) is 2.99. The maximum Gasteiger partial charge on any atom is 0.358 e. The van der Waals surface area contributed by atoms with Crippen molar-refractivity contribution >= 4 is 11.9 Å². The first-order chi connectivity index (χ1) is 10.7. The molecule has 1 saturated heterocycles. The van der Waals surface area contributed by atoms with Gasteiger partial charge in [-0.1, -0.05) is 0 Å². The average molecular weight is 306 g/mol. The van der Waals surface area contributed by atoms with Crippen LogP contribution in [0.5, 0.6) is 0 Å². The van der Waals surface area contributed by atoms with Crippen LogP contribution in [0.15, 0.2) is 6.07 Å². The topological polar surface area (TPSA) is 76.5 Å². The van der Waals surface area contributed by atoms with Gasteiger partial charge in [-0.25, -0.2) is 4.79 Å². The summed E-state index contributed by atoms with van der Waals surface area (Å²) in [6.45, 7) is 4.22. The summed E-state index contributed by atoms with van der Waals surface area (Å²) in [5.41, 5.74) is 0.683. The summed E-state index contributed by atoms with van der Waals surface area (Å²) in [5, 5.41) is 7.50. The van der Waals surface area contributed by atoms with Gasteiger partial charge in [0.15, 0.2) is 5.69 Å². The molecular weight excluding hydrogens is 284 g/mol. The molecule has 22 heavy (non-hydrogen) atoms. The van der Waals surface area contributed by atoms with E-state index in [1.165, 1.54) is 26.0 Å². The van der Waals surface area contributed by atoms with Gasteiger partial charge in [-0.05, 0) is 38.3 Å². The summed E-state index contributed by atoms with van der Waals surface area (Å²) in [7, 11) is 1.31. The Morgan fingerprint density at radius 3 is 2.91 bits per heavy atom. The van der Waals surface area contributed by atoms with Crippen LogP contribution in [0.3, 0.4) is 0 Å². The fourth-order valence-electron chi connectivity index (χ4n) is 3.16. The number of piperidine rings is 1. The van der Waals surface area contributed by atoms with Crippen LogP contribution >= 0.6 is 0 Å². The van der Waals surface area contributed by atoms with Gasteiger partial charge in [0, 0.05) is 19.2 Å². The Labute approximate surface area is 129 Å². The number of amides is 1. The lowest BCUT2D eigenvalue weighted by molar-refractivity contribution is 0.0590. The Hall–Kier alpha value is -1.89. The molecule has 1 N–H and O–H groups in total. The molecule has 0 bridgehead atoms. The zero-order valence-electron chi connectivity index (χ0n) is 12.9. The molecule has 0 aromatic carbocycles. The highest BCUT2D eigenvalue weighted by Gasteiger charge is 2.28. The third kappa shape index (κ3) is 2.99. The lowest BCUT2D eigenvalue weighted by atomic mass is 9.94. The number of hydrogen-bond donors (Lipinski definition) is 1. The molecule has 2 aliphatic heterocycles. The van der Waals surface area contributed by atoms with E-state index in [1.54, 1.807) is 4.68 Å². The number of aromatic nitrogens is 2. The van der Waals surface area contributed by atoms with E-state index in [0.29, 0.717) is 24.7 Å². The molecule has 3 rings (SSSR count). The van der Waals surface area contributed by atoms with Crippen LogP contribution in [0.2, 0.25) is 0 Å². The van der Waals surface area contributed by atoms with Gasteiger partial charge in [-0.15, -0.1) is 0 Å². The molecule has 0 aliphatic carbocycles. The summed E-state index contributed by atoms with van der Waals surface area (Å²) in [5.74, 6) is 0.158. The molecule has 0 saturated carbocycles. The highest BCUT2D eigenvalue weighted by Crippen LogP contribution is 2.19. The van der Waals surface area contributed by atoms with Crippen molar-refractivity contribution < 1.29 is 14.3 Å². The number of hydrogen-bond acceptors (Lipinski definition) is 5. The Bertz CT molecular complexity index is 563. The number of ether oxygens (including phenoxy) is 1. The Morgan fingerprint density at radius 1 is 1.41 bits per heavy atom. The van der Waals surface area contributed by atoms with Gasteiger partial charge >= 0.3 is 5.97 Å². The number of nitrogens with one attached hydrogen (secondary N) is 1. The maximum absolute atomic E-state index is 12.5. The standard InChI is InChI=1S/C15H22N4O3/c1-22-15(21)12-10-13-14(20)18(8-9-19(13)17-12)7-4-11-2-5-16-6-3-11/h10-11,16H,2-9H2,1H3. The van der Waals surface area contributed by atoms with Crippen LogP contribution in [0, 0.1) is 5.92 Å². The first-order valence-corrected chi connectivity index (χ1v) is 7.85. The highest BCUT2D eigenvalue weighted by molar-refractivity contribution is 5.96. The van der Waals surface area contributed by atoms with Crippen molar-refractivity contribution in [3.8, 4) is 0 Å². The number of fused-ring (bicyclic) bond motifs is 1. The molecule has 0 spiro atoms. The summed E-state index contributed by atoms with van der Waals surface area (Å²) in [4.78, 5) is 25.9. The molecule has 1 aromatic heterocycles. The fourth-order valence-corrected chi connectivity index (χ4v) is 3.16. The van der Waals surface area contributed by atoms with Crippen LogP contribution in [0.1, 0.15) is 40.2 Å². The zero-order chi connectivity index (χ0) is 15.5. The number of nitrogens with zero attached hydrogens (tertiary/aromatic N) is 3. The molecule has 3 heterocycles. The van der Waals surface area contributed by atoms with Crippen LogP contribution in [-0.2, 0) is 11.3 Å². The molecule has 1 fully saturated rings. The van der Waals surface area contributed by atoms with Crippen molar-refractivity contribution in [2.24, 2.45) is 5.92 Å². The highest BCUT2D eigenvalue weighted by atomic mass is 16.5. The van der Waals surface area contributed by atoms with Crippen molar-refractivity contribution in [3.63, 3.8) is 0 Å². The van der Waals surface area contributed by atoms with Gasteiger partial charge in [-0.2, -0.15) is 5.10 Å². The Kier molecular flexibility index (Phi) is 4.42. The SMILES string of the molecule is COC(=O)c1cc2n(n1)CCN(CCC1CCNCC1)C2=O. The molecule has 0 atom stereocenters. The summed E-state index contributed by atoms with van der Waals surface area (Å²) < 4.78 is 6.26. The second kappa shape index (κ2) is 6.48. The van der Waals surface area contributed by atoms with Crippen LogP contribution in [0.25, 0.3) is 0 Å². The number of methoxy groups -OCH3 is 1. The molecule has 120 valence electrons. The first-order valence-electron chi connectivity index (χ1n) is 7.85. The molecule has 7 nitrogen and oxygen atoms in total. The molecular formula is C15H22N4O3. The predicted octanol–water partition coefficient (Wildman–Crippen LogP) is 0.515. The van der Waals surface area contributed by atoms with Gasteiger partial charge in [0.05, 0.1) is 13.7 Å². The van der Waals surface area contributed by atoms with E-state index >= 15 is 0 Å². The largest absolute Gasteiger partial charge is 0.464 e. The zero-order valence-corrected chi connectivity index (χ0v) is 12.9. The smallest absolute Gasteiger partial charge is 0.358 e. The van der Waals surface area contributed by atoms with Crippen molar-refractivity contribution in [1.82, 2.24) is 20.0 Å². The van der Waals surface area contributed by atoms with E-state index in [2.05, 4.69) is 15.2 Å². The summed E-state index contributed by atoms with van der Waals surface area (Å²) in [6, 6.07) is 1.53. The molecule has 2 aliphatic rings. The summed E-state index contributed by atoms with van der Waals surface area (Å²) in [6.07, 6.45) is 3.42. The van der Waals surface area contributed by atoms with Gasteiger partial charge < -0.3 is 15.0 Å².